The van der Waals surface area contributed by atoms with Gasteiger partial charge in [0.2, 0.25) is 0 Å². The molecular formula is C37H51N5O4. The van der Waals surface area contributed by atoms with E-state index in [4.69, 9.17) is 9.47 Å². The van der Waals surface area contributed by atoms with Crippen LogP contribution >= 0.6 is 0 Å². The van der Waals surface area contributed by atoms with Gasteiger partial charge >= 0.3 is 12.1 Å². The number of amides is 3. The highest BCUT2D eigenvalue weighted by atomic mass is 16.6. The normalized spacial score (nSPS) is 18.3. The summed E-state index contributed by atoms with van der Waals surface area (Å²) >= 11 is 0. The second-order valence-corrected chi connectivity index (χ2v) is 13.7. The highest BCUT2D eigenvalue weighted by Crippen LogP contribution is 2.24. The molecule has 0 aromatic heterocycles. The first-order valence-corrected chi connectivity index (χ1v) is 16.8. The molecule has 248 valence electrons. The molecule has 9 nitrogen and oxygen atoms in total. The molecule has 2 saturated heterocycles. The molecule has 0 spiro atoms. The summed E-state index contributed by atoms with van der Waals surface area (Å²) in [5.41, 5.74) is 2.94. The maximum Gasteiger partial charge on any atom is 0.407 e. The van der Waals surface area contributed by atoms with Crippen LogP contribution in [-0.2, 0) is 22.6 Å². The van der Waals surface area contributed by atoms with Crippen LogP contribution in [0.15, 0.2) is 66.7 Å². The van der Waals surface area contributed by atoms with Gasteiger partial charge < -0.3 is 25.0 Å². The Labute approximate surface area is 274 Å². The molecule has 2 unspecified atom stereocenters. The van der Waals surface area contributed by atoms with E-state index in [9.17, 15) is 9.59 Å². The van der Waals surface area contributed by atoms with E-state index < -0.39 is 5.60 Å². The Hall–Kier alpha value is -3.66. The number of urea groups is 1. The number of nitrogens with zero attached hydrogens (tertiary/aromatic N) is 3. The Morgan fingerprint density at radius 2 is 1.67 bits per heavy atom. The van der Waals surface area contributed by atoms with Crippen LogP contribution in [0.2, 0.25) is 0 Å². The monoisotopic (exact) mass is 629 g/mol. The Kier molecular flexibility index (Phi) is 11.5. The van der Waals surface area contributed by atoms with Crippen molar-refractivity contribution in [3.05, 3.63) is 83.4 Å². The van der Waals surface area contributed by atoms with E-state index in [-0.39, 0.29) is 24.2 Å². The van der Waals surface area contributed by atoms with Gasteiger partial charge in [0, 0.05) is 58.4 Å². The summed E-state index contributed by atoms with van der Waals surface area (Å²) < 4.78 is 10.9. The second kappa shape index (κ2) is 15.8. The van der Waals surface area contributed by atoms with Crippen LogP contribution in [0, 0.1) is 0 Å². The number of likely N-dealkylation sites (tertiary alicyclic amines) is 1. The zero-order chi connectivity index (χ0) is 32.5. The number of hydrogen-bond acceptors (Lipinski definition) is 6. The molecule has 5 rings (SSSR count). The van der Waals surface area contributed by atoms with Crippen molar-refractivity contribution >= 4 is 22.9 Å². The lowest BCUT2D eigenvalue weighted by Crippen LogP contribution is -2.43. The van der Waals surface area contributed by atoms with E-state index in [2.05, 4.69) is 82.0 Å². The standard InChI is InChI=1S/C37H51N5O4/c1-28(33-12-7-10-31-9-5-6-11-34(31)33)38-35(43)42(19-8-18-40-21-23-45-24-22-40)26-30-15-13-29(14-16-30)25-41-20-17-32(27-41)39-36(44)46-37(2,3)4/h5-7,9-16,28,32H,8,17-27H2,1-4H3,(H,38,43)(H,39,44). The smallest absolute Gasteiger partial charge is 0.407 e. The van der Waals surface area contributed by atoms with Crippen LogP contribution in [0.4, 0.5) is 9.59 Å². The second-order valence-electron chi connectivity index (χ2n) is 13.7. The number of morpholine rings is 1. The molecule has 2 heterocycles. The summed E-state index contributed by atoms with van der Waals surface area (Å²) in [4.78, 5) is 32.7. The summed E-state index contributed by atoms with van der Waals surface area (Å²) in [5.74, 6) is 0. The van der Waals surface area contributed by atoms with Crippen LogP contribution in [0.1, 0.15) is 63.3 Å². The van der Waals surface area contributed by atoms with Crippen LogP contribution < -0.4 is 10.6 Å². The Morgan fingerprint density at radius 1 is 0.957 bits per heavy atom. The molecule has 2 aliphatic heterocycles. The molecule has 3 amide bonds. The van der Waals surface area contributed by atoms with Crippen molar-refractivity contribution in [1.29, 1.82) is 0 Å². The average molecular weight is 630 g/mol. The Morgan fingerprint density at radius 3 is 2.43 bits per heavy atom. The first kappa shape index (κ1) is 33.7. The summed E-state index contributed by atoms with van der Waals surface area (Å²) in [7, 11) is 0. The van der Waals surface area contributed by atoms with Crippen LogP contribution in [0.5, 0.6) is 0 Å². The number of carbonyl (C=O) groups excluding carboxylic acids is 2. The van der Waals surface area contributed by atoms with Gasteiger partial charge in [-0.3, -0.25) is 9.80 Å². The van der Waals surface area contributed by atoms with Crippen molar-refractivity contribution in [2.45, 2.75) is 71.3 Å². The molecule has 2 aliphatic rings. The quantitative estimate of drug-likeness (QED) is 0.273. The maximum absolute atomic E-state index is 13.8. The van der Waals surface area contributed by atoms with Crippen molar-refractivity contribution in [3.63, 3.8) is 0 Å². The fraction of sp³-hybridized carbons (Fsp3) is 0.514. The maximum atomic E-state index is 13.8. The van der Waals surface area contributed by atoms with Gasteiger partial charge in [-0.25, -0.2) is 9.59 Å². The molecule has 0 saturated carbocycles. The molecule has 2 atom stereocenters. The van der Waals surface area contributed by atoms with Crippen molar-refractivity contribution in [3.8, 4) is 0 Å². The van der Waals surface area contributed by atoms with Gasteiger partial charge in [0.05, 0.1) is 19.3 Å². The zero-order valence-corrected chi connectivity index (χ0v) is 28.0. The Bertz CT molecular complexity index is 1430. The summed E-state index contributed by atoms with van der Waals surface area (Å²) in [6, 6.07) is 23.1. The van der Waals surface area contributed by atoms with Crippen LogP contribution in [0.3, 0.4) is 0 Å². The van der Waals surface area contributed by atoms with Crippen molar-refractivity contribution in [2.24, 2.45) is 0 Å². The number of fused-ring (bicyclic) bond motifs is 1. The first-order chi connectivity index (χ1) is 22.1. The van der Waals surface area contributed by atoms with Crippen LogP contribution in [0.25, 0.3) is 10.8 Å². The van der Waals surface area contributed by atoms with Gasteiger partial charge in [0.25, 0.3) is 0 Å². The minimum Gasteiger partial charge on any atom is -0.444 e. The molecule has 0 aliphatic carbocycles. The third-order valence-electron chi connectivity index (χ3n) is 8.72. The summed E-state index contributed by atoms with van der Waals surface area (Å²) in [6.07, 6.45) is 1.46. The third-order valence-corrected chi connectivity index (χ3v) is 8.72. The molecule has 2 fully saturated rings. The van der Waals surface area contributed by atoms with Crippen molar-refractivity contribution < 1.29 is 19.1 Å². The number of rotatable bonds is 11. The SMILES string of the molecule is CC(NC(=O)N(CCCN1CCOCC1)Cc1ccc(CN2CCC(NC(=O)OC(C)(C)C)C2)cc1)c1cccc2ccccc12. The molecular weight excluding hydrogens is 578 g/mol. The zero-order valence-electron chi connectivity index (χ0n) is 28.0. The predicted molar refractivity (Wildman–Crippen MR) is 183 cm³/mol. The van der Waals surface area contributed by atoms with E-state index in [0.717, 1.165) is 81.8 Å². The third kappa shape index (κ3) is 9.92. The van der Waals surface area contributed by atoms with Gasteiger partial charge in [0.1, 0.15) is 5.60 Å². The predicted octanol–water partition coefficient (Wildman–Crippen LogP) is 5.93. The fourth-order valence-corrected chi connectivity index (χ4v) is 6.34. The highest BCUT2D eigenvalue weighted by molar-refractivity contribution is 5.86. The molecule has 2 N–H and O–H groups in total. The molecule has 9 heteroatoms. The van der Waals surface area contributed by atoms with E-state index in [0.29, 0.717) is 13.1 Å². The number of carbonyl (C=O) groups is 2. The topological polar surface area (TPSA) is 86.4 Å². The van der Waals surface area contributed by atoms with Crippen molar-refractivity contribution in [2.75, 3.05) is 52.5 Å². The number of alkyl carbamates (subject to hydrolysis) is 1. The number of benzene rings is 3. The molecule has 3 aromatic rings. The van der Waals surface area contributed by atoms with E-state index in [1.165, 1.54) is 10.9 Å². The minimum atomic E-state index is -0.502. The lowest BCUT2D eigenvalue weighted by Gasteiger charge is -2.29. The average Bonchev–Trinajstić information content (AvgIpc) is 3.46. The number of nitrogens with one attached hydrogen (secondary N) is 2. The van der Waals surface area contributed by atoms with E-state index >= 15 is 0 Å². The lowest BCUT2D eigenvalue weighted by molar-refractivity contribution is 0.0364. The van der Waals surface area contributed by atoms with Gasteiger partial charge in [-0.2, -0.15) is 0 Å². The summed E-state index contributed by atoms with van der Waals surface area (Å²) in [5, 5.41) is 8.64. The molecule has 0 radical (unpaired) electrons. The number of hydrogen-bond donors (Lipinski definition) is 2. The largest absolute Gasteiger partial charge is 0.444 e. The first-order valence-electron chi connectivity index (χ1n) is 16.8. The highest BCUT2D eigenvalue weighted by Gasteiger charge is 2.26. The number of ether oxygens (including phenoxy) is 2. The van der Waals surface area contributed by atoms with Gasteiger partial charge in [-0.15, -0.1) is 0 Å². The summed E-state index contributed by atoms with van der Waals surface area (Å²) in [6.45, 7) is 15.8. The Balaban J connectivity index is 1.18. The lowest BCUT2D eigenvalue weighted by atomic mass is 10.00. The molecule has 3 aromatic carbocycles. The molecule has 0 bridgehead atoms. The van der Waals surface area contributed by atoms with Gasteiger partial charge in [-0.05, 0) is 68.0 Å². The van der Waals surface area contributed by atoms with Gasteiger partial charge in [-0.1, -0.05) is 66.7 Å². The van der Waals surface area contributed by atoms with Crippen molar-refractivity contribution in [1.82, 2.24) is 25.3 Å². The minimum absolute atomic E-state index is 0.0490. The van der Waals surface area contributed by atoms with E-state index in [1.54, 1.807) is 0 Å². The van der Waals surface area contributed by atoms with Crippen LogP contribution in [-0.4, -0.2) is 90.9 Å². The van der Waals surface area contributed by atoms with E-state index in [1.807, 2.05) is 37.8 Å². The fourth-order valence-electron chi connectivity index (χ4n) is 6.34. The van der Waals surface area contributed by atoms with Gasteiger partial charge in [0.15, 0.2) is 0 Å². The molecule has 46 heavy (non-hydrogen) atoms.